The fourth-order valence-corrected chi connectivity index (χ4v) is 2.37. The summed E-state index contributed by atoms with van der Waals surface area (Å²) in [6.45, 7) is 0.228. The Kier molecular flexibility index (Phi) is 3.26. The van der Waals surface area contributed by atoms with Gasteiger partial charge in [0, 0.05) is 19.2 Å². The molecule has 2 rings (SSSR count). The summed E-state index contributed by atoms with van der Waals surface area (Å²) in [7, 11) is 1.66. The Labute approximate surface area is 105 Å². The van der Waals surface area contributed by atoms with Gasteiger partial charge in [-0.15, -0.1) is 0 Å². The molecule has 2 aromatic rings. The van der Waals surface area contributed by atoms with Crippen molar-refractivity contribution in [2.45, 2.75) is 6.54 Å². The van der Waals surface area contributed by atoms with Crippen molar-refractivity contribution in [2.24, 2.45) is 12.8 Å². The van der Waals surface area contributed by atoms with E-state index in [-0.39, 0.29) is 12.1 Å². The van der Waals surface area contributed by atoms with E-state index in [0.717, 1.165) is 18.2 Å². The van der Waals surface area contributed by atoms with E-state index in [1.165, 1.54) is 4.68 Å². The van der Waals surface area contributed by atoms with Gasteiger partial charge in [-0.3, -0.25) is 4.68 Å². The highest BCUT2D eigenvalue weighted by atomic mass is 79.9. The Bertz CT molecular complexity index is 566. The first kappa shape index (κ1) is 12.2. The highest BCUT2D eigenvalue weighted by Crippen LogP contribution is 2.32. The van der Waals surface area contributed by atoms with Gasteiger partial charge in [-0.1, -0.05) is 0 Å². The van der Waals surface area contributed by atoms with Crippen molar-refractivity contribution in [2.75, 3.05) is 0 Å². The van der Waals surface area contributed by atoms with Crippen LogP contribution in [0.1, 0.15) is 5.69 Å². The monoisotopic (exact) mass is 301 g/mol. The molecule has 0 fully saturated rings. The molecule has 6 heteroatoms. The Morgan fingerprint density at radius 1 is 1.41 bits per heavy atom. The third-order valence-corrected chi connectivity index (χ3v) is 3.27. The van der Waals surface area contributed by atoms with E-state index in [2.05, 4.69) is 21.0 Å². The van der Waals surface area contributed by atoms with Crippen molar-refractivity contribution in [1.29, 1.82) is 0 Å². The van der Waals surface area contributed by atoms with Crippen LogP contribution in [0, 0.1) is 11.6 Å². The third-order valence-electron chi connectivity index (χ3n) is 2.43. The van der Waals surface area contributed by atoms with E-state index in [1.54, 1.807) is 7.05 Å². The van der Waals surface area contributed by atoms with E-state index < -0.39 is 11.6 Å². The van der Waals surface area contributed by atoms with Gasteiger partial charge >= 0.3 is 0 Å². The summed E-state index contributed by atoms with van der Waals surface area (Å²) < 4.78 is 28.9. The molecule has 3 nitrogen and oxygen atoms in total. The lowest BCUT2D eigenvalue weighted by molar-refractivity contribution is 0.601. The van der Waals surface area contributed by atoms with Gasteiger partial charge in [0.1, 0.15) is 11.6 Å². The number of aryl methyl sites for hydroxylation is 1. The number of aromatic nitrogens is 2. The summed E-state index contributed by atoms with van der Waals surface area (Å²) in [5, 5.41) is 4.13. The van der Waals surface area contributed by atoms with Crippen LogP contribution in [0.25, 0.3) is 11.3 Å². The molecule has 0 saturated carbocycles. The maximum Gasteiger partial charge on any atom is 0.132 e. The van der Waals surface area contributed by atoms with Crippen LogP contribution < -0.4 is 5.73 Å². The maximum atomic E-state index is 13.7. The number of benzene rings is 1. The van der Waals surface area contributed by atoms with Crippen LogP contribution in [0.15, 0.2) is 22.7 Å². The van der Waals surface area contributed by atoms with Gasteiger partial charge in [-0.25, -0.2) is 8.78 Å². The second-order valence-corrected chi connectivity index (χ2v) is 4.35. The zero-order chi connectivity index (χ0) is 12.6. The first-order valence-corrected chi connectivity index (χ1v) is 5.70. The van der Waals surface area contributed by atoms with Gasteiger partial charge in [0.25, 0.3) is 0 Å². The molecule has 1 heterocycles. The standard InChI is InChI=1S/C11H10BrF2N3/c1-17-11(10(12)9(5-15)16-17)7-4-6(13)2-3-8(7)14/h2-4H,5,15H2,1H3. The van der Waals surface area contributed by atoms with Crippen molar-refractivity contribution in [1.82, 2.24) is 9.78 Å². The lowest BCUT2D eigenvalue weighted by Crippen LogP contribution is -1.99. The van der Waals surface area contributed by atoms with Gasteiger partial charge in [0.2, 0.25) is 0 Å². The number of rotatable bonds is 2. The predicted octanol–water partition coefficient (Wildman–Crippen LogP) is 2.59. The van der Waals surface area contributed by atoms with Crippen LogP contribution in [-0.4, -0.2) is 9.78 Å². The molecule has 0 saturated heterocycles. The lowest BCUT2D eigenvalue weighted by atomic mass is 10.1. The smallest absolute Gasteiger partial charge is 0.132 e. The highest BCUT2D eigenvalue weighted by molar-refractivity contribution is 9.10. The van der Waals surface area contributed by atoms with Crippen LogP contribution in [-0.2, 0) is 13.6 Å². The average molecular weight is 302 g/mol. The number of hydrogen-bond acceptors (Lipinski definition) is 2. The molecule has 0 amide bonds. The van der Waals surface area contributed by atoms with Crippen molar-refractivity contribution in [3.8, 4) is 11.3 Å². The summed E-state index contributed by atoms with van der Waals surface area (Å²) in [5.41, 5.74) is 6.74. The van der Waals surface area contributed by atoms with Gasteiger partial charge in [-0.05, 0) is 34.1 Å². The van der Waals surface area contributed by atoms with Crippen LogP contribution in [0.5, 0.6) is 0 Å². The highest BCUT2D eigenvalue weighted by Gasteiger charge is 2.18. The van der Waals surface area contributed by atoms with Crippen molar-refractivity contribution in [3.05, 3.63) is 40.0 Å². The fourth-order valence-electron chi connectivity index (χ4n) is 1.66. The molecular formula is C11H10BrF2N3. The number of nitrogens with two attached hydrogens (primary N) is 1. The molecule has 17 heavy (non-hydrogen) atoms. The van der Waals surface area contributed by atoms with E-state index in [9.17, 15) is 8.78 Å². The summed E-state index contributed by atoms with van der Waals surface area (Å²) in [4.78, 5) is 0. The molecule has 0 bridgehead atoms. The van der Waals surface area contributed by atoms with E-state index >= 15 is 0 Å². The van der Waals surface area contributed by atoms with Gasteiger partial charge in [0.15, 0.2) is 0 Å². The first-order chi connectivity index (χ1) is 8.04. The minimum absolute atomic E-state index is 0.159. The molecule has 0 aliphatic rings. The number of nitrogens with zero attached hydrogens (tertiary/aromatic N) is 2. The van der Waals surface area contributed by atoms with Crippen molar-refractivity contribution >= 4 is 15.9 Å². The van der Waals surface area contributed by atoms with Crippen LogP contribution in [0.2, 0.25) is 0 Å². The lowest BCUT2D eigenvalue weighted by Gasteiger charge is -2.04. The van der Waals surface area contributed by atoms with Crippen molar-refractivity contribution in [3.63, 3.8) is 0 Å². The van der Waals surface area contributed by atoms with Crippen LogP contribution in [0.3, 0.4) is 0 Å². The predicted molar refractivity (Wildman–Crippen MR) is 64.2 cm³/mol. The molecule has 0 atom stereocenters. The zero-order valence-corrected chi connectivity index (χ0v) is 10.6. The SMILES string of the molecule is Cn1nc(CN)c(Br)c1-c1cc(F)ccc1F. The van der Waals surface area contributed by atoms with Crippen LogP contribution in [0.4, 0.5) is 8.78 Å². The Balaban J connectivity index is 2.68. The van der Waals surface area contributed by atoms with Gasteiger partial charge in [0.05, 0.1) is 15.9 Å². The second-order valence-electron chi connectivity index (χ2n) is 3.56. The topological polar surface area (TPSA) is 43.8 Å². The van der Waals surface area contributed by atoms with Gasteiger partial charge < -0.3 is 5.73 Å². The largest absolute Gasteiger partial charge is 0.325 e. The summed E-state index contributed by atoms with van der Waals surface area (Å²) in [5.74, 6) is -0.998. The molecule has 2 N–H and O–H groups in total. The molecule has 0 spiro atoms. The molecule has 90 valence electrons. The molecule has 0 unspecified atom stereocenters. The summed E-state index contributed by atoms with van der Waals surface area (Å²) >= 11 is 3.31. The number of hydrogen-bond donors (Lipinski definition) is 1. The first-order valence-electron chi connectivity index (χ1n) is 4.91. The number of halogens is 3. The average Bonchev–Trinajstić information content (AvgIpc) is 2.58. The zero-order valence-electron chi connectivity index (χ0n) is 9.04. The molecule has 0 aliphatic heterocycles. The van der Waals surface area contributed by atoms with Crippen LogP contribution >= 0.6 is 15.9 Å². The molecule has 0 radical (unpaired) electrons. The van der Waals surface area contributed by atoms with E-state index in [0.29, 0.717) is 15.9 Å². The van der Waals surface area contributed by atoms with Gasteiger partial charge in [-0.2, -0.15) is 5.10 Å². The van der Waals surface area contributed by atoms with E-state index in [1.807, 2.05) is 0 Å². The minimum atomic E-state index is -0.501. The quantitative estimate of drug-likeness (QED) is 0.926. The molecule has 1 aromatic carbocycles. The molecule has 1 aromatic heterocycles. The molecule has 0 aliphatic carbocycles. The van der Waals surface area contributed by atoms with E-state index in [4.69, 9.17) is 5.73 Å². The Hall–Kier alpha value is -1.27. The summed E-state index contributed by atoms with van der Waals surface area (Å²) in [6, 6.07) is 3.30. The Morgan fingerprint density at radius 2 is 2.12 bits per heavy atom. The van der Waals surface area contributed by atoms with Crippen molar-refractivity contribution < 1.29 is 8.78 Å². The normalized spacial score (nSPS) is 10.9. The second kappa shape index (κ2) is 4.54. The minimum Gasteiger partial charge on any atom is -0.325 e. The molecular weight excluding hydrogens is 292 g/mol. The summed E-state index contributed by atoms with van der Waals surface area (Å²) in [6.07, 6.45) is 0. The fraction of sp³-hybridized carbons (Fsp3) is 0.182. The Morgan fingerprint density at radius 3 is 2.71 bits per heavy atom. The maximum absolute atomic E-state index is 13.7. The third kappa shape index (κ3) is 2.10.